The third-order valence-electron chi connectivity index (χ3n) is 1.41. The van der Waals surface area contributed by atoms with Gasteiger partial charge >= 0.3 is 0 Å². The predicted octanol–water partition coefficient (Wildman–Crippen LogP) is 3.34. The minimum Gasteiger partial charge on any atom is -0.241 e. The first-order valence-electron chi connectivity index (χ1n) is 3.52. The van der Waals surface area contributed by atoms with Gasteiger partial charge < -0.3 is 0 Å². The summed E-state index contributed by atoms with van der Waals surface area (Å²) >= 11 is 22.8. The maximum Gasteiger partial charge on any atom is 0.235 e. The van der Waals surface area contributed by atoms with Crippen LogP contribution in [0.15, 0.2) is 0 Å². The van der Waals surface area contributed by atoms with Gasteiger partial charge in [-0.05, 0) is 13.8 Å². The topological polar surface area (TPSA) is 30.7 Å². The first-order chi connectivity index (χ1) is 5.84. The molecule has 0 N–H and O–H groups in total. The van der Waals surface area contributed by atoms with Gasteiger partial charge in [0.05, 0.1) is 0 Å². The molecule has 0 saturated carbocycles. The fraction of sp³-hybridized carbons (Fsp3) is 0.667. The van der Waals surface area contributed by atoms with Crippen molar-refractivity contribution in [1.82, 2.24) is 15.0 Å². The Labute approximate surface area is 95.9 Å². The zero-order chi connectivity index (χ0) is 10.2. The Morgan fingerprint density at radius 3 is 2.15 bits per heavy atom. The molecule has 0 fully saturated rings. The lowest BCUT2D eigenvalue weighted by Gasteiger charge is -2.15. The van der Waals surface area contributed by atoms with E-state index in [1.54, 1.807) is 0 Å². The van der Waals surface area contributed by atoms with Crippen molar-refractivity contribution >= 4 is 46.4 Å². The van der Waals surface area contributed by atoms with Crippen LogP contribution in [0.1, 0.15) is 25.6 Å². The minimum absolute atomic E-state index is 0.0469. The predicted molar refractivity (Wildman–Crippen MR) is 54.7 cm³/mol. The van der Waals surface area contributed by atoms with Gasteiger partial charge in [0.15, 0.2) is 5.15 Å². The Kier molecular flexibility index (Phi) is 3.33. The van der Waals surface area contributed by atoms with Gasteiger partial charge in [-0.1, -0.05) is 51.6 Å². The van der Waals surface area contributed by atoms with Crippen LogP contribution in [0, 0.1) is 0 Å². The van der Waals surface area contributed by atoms with Crippen molar-refractivity contribution in [1.29, 1.82) is 0 Å². The van der Waals surface area contributed by atoms with E-state index in [9.17, 15) is 0 Å². The Morgan fingerprint density at radius 1 is 1.31 bits per heavy atom. The lowest BCUT2D eigenvalue weighted by atomic mass is 10.4. The van der Waals surface area contributed by atoms with Gasteiger partial charge in [-0.2, -0.15) is 0 Å². The Bertz CT molecular complexity index is 301. The molecule has 1 rings (SSSR count). The number of nitrogens with zero attached hydrogens (tertiary/aromatic N) is 3. The molecule has 1 aromatic rings. The third-order valence-corrected chi connectivity index (χ3v) is 2.20. The summed E-state index contributed by atoms with van der Waals surface area (Å²) in [6.45, 7) is 3.79. The number of rotatable bonds is 1. The number of hydrogen-bond acceptors (Lipinski definition) is 2. The van der Waals surface area contributed by atoms with Crippen LogP contribution >= 0.6 is 46.4 Å². The van der Waals surface area contributed by atoms with E-state index >= 15 is 0 Å². The molecule has 1 aromatic heterocycles. The number of alkyl halides is 3. The molecule has 0 spiro atoms. The van der Waals surface area contributed by atoms with Gasteiger partial charge in [0.1, 0.15) is 5.69 Å². The van der Waals surface area contributed by atoms with Gasteiger partial charge in [0.2, 0.25) is 3.79 Å². The molecule has 3 nitrogen and oxygen atoms in total. The van der Waals surface area contributed by atoms with Crippen molar-refractivity contribution in [3.05, 3.63) is 10.8 Å². The van der Waals surface area contributed by atoms with Gasteiger partial charge in [-0.15, -0.1) is 5.10 Å². The van der Waals surface area contributed by atoms with E-state index < -0.39 is 3.79 Å². The highest BCUT2D eigenvalue weighted by molar-refractivity contribution is 6.67. The molecule has 13 heavy (non-hydrogen) atoms. The molecular weight excluding hydrogens is 256 g/mol. The van der Waals surface area contributed by atoms with Crippen molar-refractivity contribution in [3.8, 4) is 0 Å². The molecule has 0 saturated heterocycles. The highest BCUT2D eigenvalue weighted by atomic mass is 35.6. The average Bonchev–Trinajstić information content (AvgIpc) is 2.28. The molecule has 0 radical (unpaired) electrons. The maximum absolute atomic E-state index is 5.73. The maximum atomic E-state index is 5.73. The van der Waals surface area contributed by atoms with Crippen molar-refractivity contribution in [3.63, 3.8) is 0 Å². The monoisotopic (exact) mass is 261 g/mol. The van der Waals surface area contributed by atoms with E-state index in [4.69, 9.17) is 46.4 Å². The van der Waals surface area contributed by atoms with Crippen molar-refractivity contribution in [2.45, 2.75) is 23.7 Å². The number of halogens is 4. The van der Waals surface area contributed by atoms with Crippen LogP contribution in [0.3, 0.4) is 0 Å². The standard InChI is InChI=1S/C6H7Cl4N3/c1-3(2)13-4(6(8,9)10)5(7)11-12-13/h3H,1-2H3. The summed E-state index contributed by atoms with van der Waals surface area (Å²) in [5.74, 6) is 0. The van der Waals surface area contributed by atoms with E-state index in [0.717, 1.165) is 0 Å². The molecule has 0 unspecified atom stereocenters. The Hall–Kier alpha value is 0.300. The van der Waals surface area contributed by atoms with E-state index in [-0.39, 0.29) is 11.2 Å². The van der Waals surface area contributed by atoms with Crippen LogP contribution in [-0.2, 0) is 3.79 Å². The SMILES string of the molecule is CC(C)n1nnc(Cl)c1C(Cl)(Cl)Cl. The van der Waals surface area contributed by atoms with E-state index in [0.29, 0.717) is 5.69 Å². The first kappa shape index (κ1) is 11.4. The second-order valence-electron chi connectivity index (χ2n) is 2.76. The van der Waals surface area contributed by atoms with Crippen LogP contribution in [0.25, 0.3) is 0 Å². The molecule has 7 heteroatoms. The largest absolute Gasteiger partial charge is 0.241 e. The molecule has 0 aliphatic carbocycles. The quantitative estimate of drug-likeness (QED) is 0.727. The summed E-state index contributed by atoms with van der Waals surface area (Å²) < 4.78 is -0.111. The van der Waals surface area contributed by atoms with E-state index in [2.05, 4.69) is 10.3 Å². The Morgan fingerprint density at radius 2 is 1.85 bits per heavy atom. The molecule has 0 aliphatic heterocycles. The fourth-order valence-electron chi connectivity index (χ4n) is 0.882. The lowest BCUT2D eigenvalue weighted by molar-refractivity contribution is 0.496. The van der Waals surface area contributed by atoms with Crippen molar-refractivity contribution in [2.75, 3.05) is 0 Å². The second-order valence-corrected chi connectivity index (χ2v) is 5.40. The van der Waals surface area contributed by atoms with Crippen molar-refractivity contribution in [2.24, 2.45) is 0 Å². The summed E-state index contributed by atoms with van der Waals surface area (Å²) in [5.41, 5.74) is 0.300. The molecule has 0 bridgehead atoms. The zero-order valence-electron chi connectivity index (χ0n) is 6.93. The Balaban J connectivity index is 3.25. The normalized spacial score (nSPS) is 12.5. The molecule has 0 atom stereocenters. The molecule has 0 amide bonds. The molecular formula is C6H7Cl4N3. The third kappa shape index (κ3) is 2.40. The molecule has 0 aromatic carbocycles. The summed E-state index contributed by atoms with van der Waals surface area (Å²) in [7, 11) is 0. The molecule has 74 valence electrons. The zero-order valence-corrected chi connectivity index (χ0v) is 9.95. The van der Waals surface area contributed by atoms with Crippen LogP contribution in [0.4, 0.5) is 0 Å². The lowest BCUT2D eigenvalue weighted by Crippen LogP contribution is -2.14. The van der Waals surface area contributed by atoms with Crippen molar-refractivity contribution < 1.29 is 0 Å². The molecule has 0 aliphatic rings. The van der Waals surface area contributed by atoms with Crippen LogP contribution in [0.2, 0.25) is 5.15 Å². The average molecular weight is 263 g/mol. The van der Waals surface area contributed by atoms with Crippen LogP contribution in [0.5, 0.6) is 0 Å². The van der Waals surface area contributed by atoms with Crippen LogP contribution in [-0.4, -0.2) is 15.0 Å². The highest BCUT2D eigenvalue weighted by Crippen LogP contribution is 2.41. The summed E-state index contributed by atoms with van der Waals surface area (Å²) in [6, 6.07) is 0.0469. The van der Waals surface area contributed by atoms with E-state index in [1.807, 2.05) is 13.8 Å². The highest BCUT2D eigenvalue weighted by Gasteiger charge is 2.32. The fourth-order valence-corrected chi connectivity index (χ4v) is 1.82. The van der Waals surface area contributed by atoms with Crippen LogP contribution < -0.4 is 0 Å². The van der Waals surface area contributed by atoms with Gasteiger partial charge in [0, 0.05) is 6.04 Å². The summed E-state index contributed by atoms with van der Waals surface area (Å²) in [6.07, 6.45) is 0. The first-order valence-corrected chi connectivity index (χ1v) is 5.03. The van der Waals surface area contributed by atoms with Gasteiger partial charge in [0.25, 0.3) is 0 Å². The summed E-state index contributed by atoms with van der Waals surface area (Å²) in [5, 5.41) is 7.51. The molecule has 1 heterocycles. The smallest absolute Gasteiger partial charge is 0.235 e. The second kappa shape index (κ2) is 3.81. The van der Waals surface area contributed by atoms with E-state index in [1.165, 1.54) is 4.68 Å². The minimum atomic E-state index is -1.59. The van der Waals surface area contributed by atoms with Gasteiger partial charge in [-0.3, -0.25) is 0 Å². The van der Waals surface area contributed by atoms with Gasteiger partial charge in [-0.25, -0.2) is 4.68 Å². The number of aromatic nitrogens is 3. The number of hydrogen-bond donors (Lipinski definition) is 0. The summed E-state index contributed by atoms with van der Waals surface area (Å²) in [4.78, 5) is 0.